The molecule has 0 aliphatic heterocycles. The van der Waals surface area contributed by atoms with Gasteiger partial charge in [0.2, 0.25) is 0 Å². The highest BCUT2D eigenvalue weighted by atomic mass is 14.9. The maximum Gasteiger partial charge on any atom is 0.0124 e. The topological polar surface area (TPSA) is 12.0 Å². The lowest BCUT2D eigenvalue weighted by atomic mass is 9.91. The summed E-state index contributed by atoms with van der Waals surface area (Å²) in [6, 6.07) is 0.905. The minimum atomic E-state index is 0.905. The van der Waals surface area contributed by atoms with Gasteiger partial charge in [0.05, 0.1) is 0 Å². The molecule has 3 aliphatic carbocycles. The van der Waals surface area contributed by atoms with Crippen molar-refractivity contribution in [2.75, 3.05) is 6.54 Å². The number of hydrogen-bond donors (Lipinski definition) is 1. The maximum absolute atomic E-state index is 3.81. The Morgan fingerprint density at radius 1 is 1.07 bits per heavy atom. The summed E-state index contributed by atoms with van der Waals surface area (Å²) in [5.74, 6) is 4.43. The smallest absolute Gasteiger partial charge is 0.0124 e. The minimum Gasteiger partial charge on any atom is -0.313 e. The Kier molecular flexibility index (Phi) is 2.31. The van der Waals surface area contributed by atoms with Crippen LogP contribution in [0.3, 0.4) is 0 Å². The molecular weight excluding hydrogens is 170 g/mol. The van der Waals surface area contributed by atoms with Crippen molar-refractivity contribution in [3.05, 3.63) is 0 Å². The molecular formula is C13H23N. The van der Waals surface area contributed by atoms with Crippen LogP contribution in [0.2, 0.25) is 0 Å². The van der Waals surface area contributed by atoms with Crippen LogP contribution < -0.4 is 5.32 Å². The van der Waals surface area contributed by atoms with Crippen molar-refractivity contribution < 1.29 is 0 Å². The van der Waals surface area contributed by atoms with Gasteiger partial charge in [-0.3, -0.25) is 0 Å². The van der Waals surface area contributed by atoms with Gasteiger partial charge in [-0.2, -0.15) is 0 Å². The van der Waals surface area contributed by atoms with E-state index in [-0.39, 0.29) is 0 Å². The summed E-state index contributed by atoms with van der Waals surface area (Å²) in [5.41, 5.74) is 0. The van der Waals surface area contributed by atoms with Crippen molar-refractivity contribution in [3.63, 3.8) is 0 Å². The van der Waals surface area contributed by atoms with E-state index in [1.54, 1.807) is 19.3 Å². The van der Waals surface area contributed by atoms with Gasteiger partial charge in [0, 0.05) is 6.04 Å². The van der Waals surface area contributed by atoms with Gasteiger partial charge in [-0.1, -0.05) is 6.92 Å². The van der Waals surface area contributed by atoms with Gasteiger partial charge in [0.15, 0.2) is 0 Å². The summed E-state index contributed by atoms with van der Waals surface area (Å²) in [6.45, 7) is 3.52. The second-order valence-corrected chi connectivity index (χ2v) is 5.80. The average Bonchev–Trinajstić information content (AvgIpc) is 3.09. The van der Waals surface area contributed by atoms with Crippen molar-refractivity contribution >= 4 is 0 Å². The molecule has 0 aromatic carbocycles. The van der Waals surface area contributed by atoms with Gasteiger partial charge in [-0.05, 0) is 68.7 Å². The summed E-state index contributed by atoms with van der Waals surface area (Å²) >= 11 is 0. The van der Waals surface area contributed by atoms with Crippen molar-refractivity contribution in [2.24, 2.45) is 23.7 Å². The Balaban J connectivity index is 1.55. The standard InChI is InChI=1S/C13H23N/c1-2-5-14-13(9-3-4-9)12-7-10-6-11(10)8-12/h9-14H,2-8H2,1H3. The summed E-state index contributed by atoms with van der Waals surface area (Å²) in [5, 5.41) is 3.81. The lowest BCUT2D eigenvalue weighted by Gasteiger charge is -2.25. The first kappa shape index (κ1) is 9.21. The molecule has 0 spiro atoms. The molecule has 0 aromatic heterocycles. The van der Waals surface area contributed by atoms with Crippen LogP contribution in [0.15, 0.2) is 0 Å². The van der Waals surface area contributed by atoms with E-state index >= 15 is 0 Å². The third-order valence-electron chi connectivity index (χ3n) is 4.55. The molecule has 80 valence electrons. The Labute approximate surface area is 87.7 Å². The molecule has 3 saturated carbocycles. The molecule has 0 aromatic rings. The van der Waals surface area contributed by atoms with Crippen molar-refractivity contribution in [1.29, 1.82) is 0 Å². The lowest BCUT2D eigenvalue weighted by Crippen LogP contribution is -2.38. The Hall–Kier alpha value is -0.0400. The van der Waals surface area contributed by atoms with Crippen LogP contribution in [0.25, 0.3) is 0 Å². The van der Waals surface area contributed by atoms with Gasteiger partial charge >= 0.3 is 0 Å². The molecule has 3 atom stereocenters. The molecule has 0 radical (unpaired) electrons. The van der Waals surface area contributed by atoms with E-state index in [0.29, 0.717) is 0 Å². The van der Waals surface area contributed by atoms with Gasteiger partial charge in [-0.25, -0.2) is 0 Å². The number of nitrogens with one attached hydrogen (secondary N) is 1. The Morgan fingerprint density at radius 2 is 1.79 bits per heavy atom. The van der Waals surface area contributed by atoms with E-state index in [9.17, 15) is 0 Å². The zero-order chi connectivity index (χ0) is 9.54. The summed E-state index contributed by atoms with van der Waals surface area (Å²) in [6.07, 6.45) is 9.00. The van der Waals surface area contributed by atoms with E-state index in [0.717, 1.165) is 29.7 Å². The molecule has 1 nitrogen and oxygen atoms in total. The molecule has 3 fully saturated rings. The summed E-state index contributed by atoms with van der Waals surface area (Å²) < 4.78 is 0. The molecule has 1 heteroatoms. The van der Waals surface area contributed by atoms with Crippen LogP contribution in [0.4, 0.5) is 0 Å². The lowest BCUT2D eigenvalue weighted by molar-refractivity contribution is 0.305. The molecule has 1 N–H and O–H groups in total. The third kappa shape index (κ3) is 1.71. The Bertz CT molecular complexity index is 199. The fraction of sp³-hybridized carbons (Fsp3) is 1.00. The molecule has 0 amide bonds. The van der Waals surface area contributed by atoms with Crippen molar-refractivity contribution in [1.82, 2.24) is 5.32 Å². The summed E-state index contributed by atoms with van der Waals surface area (Å²) in [4.78, 5) is 0. The quantitative estimate of drug-likeness (QED) is 0.708. The SMILES string of the molecule is CCCNC(C1CC1)C1CC2CC2C1. The third-order valence-corrected chi connectivity index (χ3v) is 4.55. The van der Waals surface area contributed by atoms with Crippen LogP contribution in [0.1, 0.15) is 45.4 Å². The zero-order valence-corrected chi connectivity index (χ0v) is 9.34. The fourth-order valence-corrected chi connectivity index (χ4v) is 3.54. The molecule has 3 unspecified atom stereocenters. The van der Waals surface area contributed by atoms with Gasteiger partial charge in [0.1, 0.15) is 0 Å². The van der Waals surface area contributed by atoms with E-state index in [1.807, 2.05) is 0 Å². The fourth-order valence-electron chi connectivity index (χ4n) is 3.54. The van der Waals surface area contributed by atoms with Crippen molar-refractivity contribution in [2.45, 2.75) is 51.5 Å². The second-order valence-electron chi connectivity index (χ2n) is 5.80. The molecule has 3 aliphatic rings. The highest BCUT2D eigenvalue weighted by Gasteiger charge is 2.50. The molecule has 0 bridgehead atoms. The molecule has 0 saturated heterocycles. The van der Waals surface area contributed by atoms with Crippen LogP contribution in [0.5, 0.6) is 0 Å². The van der Waals surface area contributed by atoms with Crippen LogP contribution in [-0.2, 0) is 0 Å². The van der Waals surface area contributed by atoms with Gasteiger partial charge < -0.3 is 5.32 Å². The van der Waals surface area contributed by atoms with E-state index in [2.05, 4.69) is 12.2 Å². The molecule has 0 heterocycles. The highest BCUT2D eigenvalue weighted by molar-refractivity contribution is 5.02. The first-order chi connectivity index (χ1) is 6.88. The average molecular weight is 193 g/mol. The van der Waals surface area contributed by atoms with Crippen LogP contribution in [0, 0.1) is 23.7 Å². The van der Waals surface area contributed by atoms with E-state index < -0.39 is 0 Å². The van der Waals surface area contributed by atoms with Crippen molar-refractivity contribution in [3.8, 4) is 0 Å². The van der Waals surface area contributed by atoms with Gasteiger partial charge in [0.25, 0.3) is 0 Å². The predicted molar refractivity (Wildman–Crippen MR) is 59.1 cm³/mol. The van der Waals surface area contributed by atoms with Crippen LogP contribution >= 0.6 is 0 Å². The van der Waals surface area contributed by atoms with E-state index in [4.69, 9.17) is 0 Å². The minimum absolute atomic E-state index is 0.905. The Morgan fingerprint density at radius 3 is 2.36 bits per heavy atom. The van der Waals surface area contributed by atoms with Gasteiger partial charge in [-0.15, -0.1) is 0 Å². The van der Waals surface area contributed by atoms with Crippen LogP contribution in [-0.4, -0.2) is 12.6 Å². The number of fused-ring (bicyclic) bond motifs is 1. The molecule has 14 heavy (non-hydrogen) atoms. The molecule has 3 rings (SSSR count). The number of hydrogen-bond acceptors (Lipinski definition) is 1. The number of rotatable bonds is 5. The zero-order valence-electron chi connectivity index (χ0n) is 9.34. The predicted octanol–water partition coefficient (Wildman–Crippen LogP) is 2.81. The maximum atomic E-state index is 3.81. The first-order valence-electron chi connectivity index (χ1n) is 6.62. The van der Waals surface area contributed by atoms with E-state index in [1.165, 1.54) is 25.8 Å². The highest BCUT2D eigenvalue weighted by Crippen LogP contribution is 2.57. The normalized spacial score (nSPS) is 42.2. The monoisotopic (exact) mass is 193 g/mol. The summed E-state index contributed by atoms with van der Waals surface area (Å²) in [7, 11) is 0. The first-order valence-corrected chi connectivity index (χ1v) is 6.62. The second kappa shape index (κ2) is 3.52. The largest absolute Gasteiger partial charge is 0.313 e.